The lowest BCUT2D eigenvalue weighted by Gasteiger charge is -2.41. The van der Waals surface area contributed by atoms with Crippen LogP contribution in [0.25, 0.3) is 0 Å². The maximum absolute atomic E-state index is 14.2. The number of hydrogen-bond acceptors (Lipinski definition) is 5. The van der Waals surface area contributed by atoms with Gasteiger partial charge in [0.05, 0.1) is 11.3 Å². The highest BCUT2D eigenvalue weighted by molar-refractivity contribution is 7.90. The summed E-state index contributed by atoms with van der Waals surface area (Å²) in [5.74, 6) is 1.09. The van der Waals surface area contributed by atoms with Crippen molar-refractivity contribution in [2.45, 2.75) is 62.3 Å². The number of likely N-dealkylation sites (N-methyl/N-ethyl adjacent to an activating group) is 1. The van der Waals surface area contributed by atoms with E-state index in [0.29, 0.717) is 24.3 Å². The molecule has 2 aliphatic rings. The third-order valence-electron chi connectivity index (χ3n) is 8.41. The van der Waals surface area contributed by atoms with Gasteiger partial charge in [0.1, 0.15) is 5.82 Å². The van der Waals surface area contributed by atoms with Crippen LogP contribution < -0.4 is 10.6 Å². The molecule has 8 heteroatoms. The van der Waals surface area contributed by atoms with Gasteiger partial charge < -0.3 is 15.5 Å². The van der Waals surface area contributed by atoms with Crippen molar-refractivity contribution >= 4 is 15.7 Å². The van der Waals surface area contributed by atoms with Crippen molar-refractivity contribution in [2.24, 2.45) is 11.8 Å². The van der Waals surface area contributed by atoms with Crippen LogP contribution in [0.15, 0.2) is 53.4 Å². The summed E-state index contributed by atoms with van der Waals surface area (Å²) in [5, 5.41) is 6.99. The lowest BCUT2D eigenvalue weighted by atomic mass is 9.75. The fourth-order valence-electron chi connectivity index (χ4n) is 6.39. The molecule has 1 amide bonds. The van der Waals surface area contributed by atoms with Crippen LogP contribution in [0.2, 0.25) is 0 Å². The highest BCUT2D eigenvalue weighted by Gasteiger charge is 2.34. The quantitative estimate of drug-likeness (QED) is 0.471. The molecular formula is C30H42FN3O3S. The zero-order chi connectivity index (χ0) is 27.1. The SMILES string of the molecule is CCN(C(=O)Cc1ccc(S(C)(=O)=O)cc1)C1CCNCC1CCC(c1cccc(F)c1)C1CCNCC1. The maximum Gasteiger partial charge on any atom is 0.227 e. The molecule has 0 radical (unpaired) electrons. The van der Waals surface area contributed by atoms with E-state index < -0.39 is 9.84 Å². The monoisotopic (exact) mass is 543 g/mol. The number of sulfone groups is 1. The van der Waals surface area contributed by atoms with Crippen molar-refractivity contribution in [2.75, 3.05) is 39.0 Å². The summed E-state index contributed by atoms with van der Waals surface area (Å²) in [7, 11) is -3.26. The van der Waals surface area contributed by atoms with Crippen molar-refractivity contribution in [1.82, 2.24) is 15.5 Å². The molecule has 38 heavy (non-hydrogen) atoms. The van der Waals surface area contributed by atoms with Gasteiger partial charge in [-0.05, 0) is 118 Å². The van der Waals surface area contributed by atoms with Crippen LogP contribution in [0.4, 0.5) is 4.39 Å². The van der Waals surface area contributed by atoms with E-state index in [2.05, 4.69) is 16.7 Å². The maximum atomic E-state index is 14.2. The first-order valence-corrected chi connectivity index (χ1v) is 15.9. The molecule has 2 aromatic carbocycles. The van der Waals surface area contributed by atoms with Gasteiger partial charge in [-0.3, -0.25) is 4.79 Å². The second-order valence-electron chi connectivity index (χ2n) is 10.9. The van der Waals surface area contributed by atoms with Gasteiger partial charge in [-0.15, -0.1) is 0 Å². The Morgan fingerprint density at radius 1 is 1.05 bits per heavy atom. The number of nitrogens with zero attached hydrogens (tertiary/aromatic N) is 1. The van der Waals surface area contributed by atoms with E-state index >= 15 is 0 Å². The van der Waals surface area contributed by atoms with Crippen LogP contribution in [-0.2, 0) is 21.1 Å². The van der Waals surface area contributed by atoms with Crippen LogP contribution in [0, 0.1) is 17.7 Å². The first-order chi connectivity index (χ1) is 18.3. The van der Waals surface area contributed by atoms with E-state index in [1.54, 1.807) is 30.3 Å². The van der Waals surface area contributed by atoms with Gasteiger partial charge in [-0.25, -0.2) is 12.8 Å². The van der Waals surface area contributed by atoms with Gasteiger partial charge in [-0.2, -0.15) is 0 Å². The van der Waals surface area contributed by atoms with Gasteiger partial charge >= 0.3 is 0 Å². The fraction of sp³-hybridized carbons (Fsp3) is 0.567. The summed E-state index contributed by atoms with van der Waals surface area (Å²) in [6, 6.07) is 13.9. The van der Waals surface area contributed by atoms with E-state index in [-0.39, 0.29) is 29.1 Å². The van der Waals surface area contributed by atoms with Crippen molar-refractivity contribution in [3.63, 3.8) is 0 Å². The van der Waals surface area contributed by atoms with Crippen molar-refractivity contribution in [3.05, 3.63) is 65.5 Å². The molecule has 0 saturated carbocycles. The number of amides is 1. The molecule has 3 atom stereocenters. The van der Waals surface area contributed by atoms with E-state index in [0.717, 1.165) is 69.4 Å². The molecule has 208 valence electrons. The first kappa shape index (κ1) is 28.7. The molecule has 2 aliphatic heterocycles. The molecule has 2 aromatic rings. The minimum atomic E-state index is -3.26. The second kappa shape index (κ2) is 13.2. The van der Waals surface area contributed by atoms with Crippen LogP contribution in [0.1, 0.15) is 56.1 Å². The summed E-state index contributed by atoms with van der Waals surface area (Å²) in [6.45, 7) is 6.45. The summed E-state index contributed by atoms with van der Waals surface area (Å²) >= 11 is 0. The Balaban J connectivity index is 1.45. The standard InChI is InChI=1S/C30H42FN3O3S/c1-3-34(30(35)19-22-7-10-27(11-8-22)38(2,36)37)29-15-18-33-21-25(29)9-12-28(23-13-16-32-17-14-23)24-5-4-6-26(31)20-24/h4-8,10-11,20,23,25,28-29,32-33H,3,9,12-19,21H2,1-2H3. The highest BCUT2D eigenvalue weighted by Crippen LogP contribution is 2.37. The number of rotatable bonds is 10. The Bertz CT molecular complexity index is 1170. The van der Waals surface area contributed by atoms with Gasteiger partial charge in [0.2, 0.25) is 5.91 Å². The molecule has 2 fully saturated rings. The van der Waals surface area contributed by atoms with E-state index in [1.165, 1.54) is 12.3 Å². The zero-order valence-corrected chi connectivity index (χ0v) is 23.5. The number of carbonyl (C=O) groups excluding carboxylic acids is 1. The topological polar surface area (TPSA) is 78.5 Å². The summed E-state index contributed by atoms with van der Waals surface area (Å²) in [5.41, 5.74) is 1.92. The van der Waals surface area contributed by atoms with Gasteiger partial charge in [0.25, 0.3) is 0 Å². The van der Waals surface area contributed by atoms with E-state index in [4.69, 9.17) is 0 Å². The lowest BCUT2D eigenvalue weighted by Crippen LogP contribution is -2.52. The normalized spacial score (nSPS) is 21.7. The summed E-state index contributed by atoms with van der Waals surface area (Å²) in [6.07, 6.45) is 6.53. The molecule has 0 aromatic heterocycles. The van der Waals surface area contributed by atoms with E-state index in [9.17, 15) is 17.6 Å². The number of hydrogen-bond donors (Lipinski definition) is 2. The van der Waals surface area contributed by atoms with Crippen LogP contribution >= 0.6 is 0 Å². The van der Waals surface area contributed by atoms with Gasteiger partial charge in [-0.1, -0.05) is 24.3 Å². The summed E-state index contributed by atoms with van der Waals surface area (Å²) < 4.78 is 37.7. The Kier molecular flexibility index (Phi) is 9.96. The molecule has 4 rings (SSSR count). The average molecular weight is 544 g/mol. The number of carbonyl (C=O) groups is 1. The Morgan fingerprint density at radius 2 is 1.76 bits per heavy atom. The van der Waals surface area contributed by atoms with Crippen LogP contribution in [-0.4, -0.2) is 64.2 Å². The Hall–Kier alpha value is -2.29. The van der Waals surface area contributed by atoms with Gasteiger partial charge in [0, 0.05) is 18.8 Å². The summed E-state index contributed by atoms with van der Waals surface area (Å²) in [4.78, 5) is 15.7. The smallest absolute Gasteiger partial charge is 0.227 e. The third-order valence-corrected chi connectivity index (χ3v) is 9.54. The largest absolute Gasteiger partial charge is 0.339 e. The van der Waals surface area contributed by atoms with Crippen molar-refractivity contribution in [3.8, 4) is 0 Å². The van der Waals surface area contributed by atoms with Gasteiger partial charge in [0.15, 0.2) is 9.84 Å². The first-order valence-electron chi connectivity index (χ1n) is 14.0. The Labute approximate surface area is 227 Å². The molecule has 6 nitrogen and oxygen atoms in total. The van der Waals surface area contributed by atoms with Crippen molar-refractivity contribution in [1.29, 1.82) is 0 Å². The number of nitrogens with one attached hydrogen (secondary N) is 2. The molecule has 3 unspecified atom stereocenters. The minimum Gasteiger partial charge on any atom is -0.339 e. The zero-order valence-electron chi connectivity index (χ0n) is 22.7. The molecule has 0 bridgehead atoms. The number of benzene rings is 2. The molecule has 2 N–H and O–H groups in total. The third kappa shape index (κ3) is 7.42. The van der Waals surface area contributed by atoms with Crippen LogP contribution in [0.5, 0.6) is 0 Å². The fourth-order valence-corrected chi connectivity index (χ4v) is 7.02. The number of piperidine rings is 2. The minimum absolute atomic E-state index is 0.0801. The highest BCUT2D eigenvalue weighted by atomic mass is 32.2. The Morgan fingerprint density at radius 3 is 2.42 bits per heavy atom. The lowest BCUT2D eigenvalue weighted by molar-refractivity contribution is -0.134. The molecule has 2 heterocycles. The molecule has 0 aliphatic carbocycles. The molecular weight excluding hydrogens is 501 g/mol. The van der Waals surface area contributed by atoms with Crippen LogP contribution in [0.3, 0.4) is 0 Å². The molecule has 2 saturated heterocycles. The number of halogens is 1. The average Bonchev–Trinajstić information content (AvgIpc) is 2.90. The van der Waals surface area contributed by atoms with E-state index in [1.807, 2.05) is 17.9 Å². The predicted octanol–water partition coefficient (Wildman–Crippen LogP) is 4.16. The second-order valence-corrected chi connectivity index (χ2v) is 12.9. The van der Waals surface area contributed by atoms with Crippen molar-refractivity contribution < 1.29 is 17.6 Å². The predicted molar refractivity (Wildman–Crippen MR) is 149 cm³/mol. The molecule has 0 spiro atoms.